The summed E-state index contributed by atoms with van der Waals surface area (Å²) in [5, 5.41) is 0. The number of hydrogen-bond acceptors (Lipinski definition) is 2. The molecule has 0 aliphatic carbocycles. The van der Waals surface area contributed by atoms with E-state index in [2.05, 4.69) is 20.7 Å². The van der Waals surface area contributed by atoms with Crippen LogP contribution in [-0.4, -0.2) is 12.4 Å². The van der Waals surface area contributed by atoms with Crippen molar-refractivity contribution >= 4 is 21.7 Å². The minimum Gasteiger partial charge on any atom is -0.434 e. The molecule has 0 N–H and O–H groups in total. The summed E-state index contributed by atoms with van der Waals surface area (Å²) in [6.45, 7) is -1.92. The van der Waals surface area contributed by atoms with Crippen LogP contribution >= 0.6 is 15.9 Å². The lowest BCUT2D eigenvalue weighted by molar-refractivity contribution is -0.0503. The van der Waals surface area contributed by atoms with Gasteiger partial charge in [-0.2, -0.15) is 8.78 Å². The number of ketones is 1. The molecule has 0 bridgehead atoms. The van der Waals surface area contributed by atoms with Crippen molar-refractivity contribution in [2.45, 2.75) is 13.5 Å². The third kappa shape index (κ3) is 2.95. The normalized spacial score (nSPS) is 10.5. The van der Waals surface area contributed by atoms with E-state index in [0.717, 1.165) is 12.1 Å². The maximum atomic E-state index is 12.9. The summed E-state index contributed by atoms with van der Waals surface area (Å²) in [5.74, 6) is -1.72. The first-order valence-corrected chi connectivity index (χ1v) is 4.66. The van der Waals surface area contributed by atoms with E-state index in [0.29, 0.717) is 0 Å². The molecular weight excluding hydrogens is 277 g/mol. The second-order valence-corrected chi connectivity index (χ2v) is 3.55. The van der Waals surface area contributed by atoms with Crippen molar-refractivity contribution in [1.29, 1.82) is 0 Å². The first kappa shape index (κ1) is 12.0. The second kappa shape index (κ2) is 4.65. The van der Waals surface area contributed by atoms with Crippen LogP contribution in [0.2, 0.25) is 0 Å². The highest BCUT2D eigenvalue weighted by molar-refractivity contribution is 9.10. The Hall–Kier alpha value is -1.04. The Balaban J connectivity index is 3.27. The highest BCUT2D eigenvalue weighted by Crippen LogP contribution is 2.29. The summed E-state index contributed by atoms with van der Waals surface area (Å²) in [7, 11) is 0. The molecule has 2 nitrogen and oxygen atoms in total. The van der Waals surface area contributed by atoms with Crippen LogP contribution < -0.4 is 4.74 Å². The first-order valence-electron chi connectivity index (χ1n) is 3.86. The quantitative estimate of drug-likeness (QED) is 0.795. The summed E-state index contributed by atoms with van der Waals surface area (Å²) in [5.41, 5.74) is -0.100. The number of halogens is 4. The SMILES string of the molecule is CC(=O)c1c(Br)cc(F)cc1OC(F)F. The lowest BCUT2D eigenvalue weighted by Crippen LogP contribution is -2.07. The van der Waals surface area contributed by atoms with Gasteiger partial charge in [-0.1, -0.05) is 0 Å². The van der Waals surface area contributed by atoms with Gasteiger partial charge in [0.05, 0.1) is 5.56 Å². The smallest absolute Gasteiger partial charge is 0.387 e. The number of carbonyl (C=O) groups excluding carboxylic acids is 1. The molecule has 1 rings (SSSR count). The van der Waals surface area contributed by atoms with Gasteiger partial charge in [-0.05, 0) is 28.9 Å². The third-order valence-corrected chi connectivity index (χ3v) is 2.21. The molecule has 0 aliphatic heterocycles. The number of benzene rings is 1. The molecule has 1 aromatic carbocycles. The summed E-state index contributed by atoms with van der Waals surface area (Å²) >= 11 is 2.90. The van der Waals surface area contributed by atoms with Crippen LogP contribution in [0.1, 0.15) is 17.3 Å². The summed E-state index contributed by atoms with van der Waals surface area (Å²) in [4.78, 5) is 11.1. The molecule has 1 aromatic rings. The van der Waals surface area contributed by atoms with Gasteiger partial charge in [0.25, 0.3) is 0 Å². The van der Waals surface area contributed by atoms with Gasteiger partial charge in [-0.3, -0.25) is 4.79 Å². The summed E-state index contributed by atoms with van der Waals surface area (Å²) in [6, 6.07) is 1.75. The molecule has 82 valence electrons. The van der Waals surface area contributed by atoms with Gasteiger partial charge in [0.1, 0.15) is 11.6 Å². The molecular formula is C9H6BrF3O2. The fourth-order valence-electron chi connectivity index (χ4n) is 1.08. The van der Waals surface area contributed by atoms with E-state index in [4.69, 9.17) is 0 Å². The fourth-order valence-corrected chi connectivity index (χ4v) is 1.77. The Bertz CT molecular complexity index is 393. The molecule has 0 unspecified atom stereocenters. The van der Waals surface area contributed by atoms with E-state index in [1.165, 1.54) is 6.92 Å². The van der Waals surface area contributed by atoms with Crippen LogP contribution in [0.5, 0.6) is 5.75 Å². The van der Waals surface area contributed by atoms with Crippen molar-refractivity contribution in [3.8, 4) is 5.75 Å². The van der Waals surface area contributed by atoms with E-state index in [1.807, 2.05) is 0 Å². The maximum absolute atomic E-state index is 12.9. The van der Waals surface area contributed by atoms with Crippen molar-refractivity contribution in [2.24, 2.45) is 0 Å². The number of Topliss-reactive ketones (excluding diaryl/α,β-unsaturated/α-hetero) is 1. The van der Waals surface area contributed by atoms with Crippen LogP contribution in [-0.2, 0) is 0 Å². The average molecular weight is 283 g/mol. The molecule has 0 fully saturated rings. The molecule has 15 heavy (non-hydrogen) atoms. The minimum atomic E-state index is -3.10. The van der Waals surface area contributed by atoms with E-state index in [9.17, 15) is 18.0 Å². The fraction of sp³-hybridized carbons (Fsp3) is 0.222. The van der Waals surface area contributed by atoms with Gasteiger partial charge in [-0.25, -0.2) is 4.39 Å². The molecule has 0 atom stereocenters. The van der Waals surface area contributed by atoms with Gasteiger partial charge in [0.15, 0.2) is 5.78 Å². The Morgan fingerprint density at radius 2 is 2.07 bits per heavy atom. The predicted octanol–water partition coefficient (Wildman–Crippen LogP) is 3.39. The van der Waals surface area contributed by atoms with E-state index in [1.54, 1.807) is 0 Å². The lowest BCUT2D eigenvalue weighted by atomic mass is 10.1. The number of rotatable bonds is 3. The summed E-state index contributed by atoms with van der Waals surface area (Å²) in [6.07, 6.45) is 0. The standard InChI is InChI=1S/C9H6BrF3O2/c1-4(14)8-6(10)2-5(11)3-7(8)15-9(12)13/h2-3,9H,1H3. The average Bonchev–Trinajstić information content (AvgIpc) is 1.99. The van der Waals surface area contributed by atoms with Crippen LogP contribution in [0.15, 0.2) is 16.6 Å². The molecule has 6 heteroatoms. The van der Waals surface area contributed by atoms with Crippen molar-refractivity contribution in [2.75, 3.05) is 0 Å². The van der Waals surface area contributed by atoms with Gasteiger partial charge < -0.3 is 4.74 Å². The van der Waals surface area contributed by atoms with E-state index < -0.39 is 24.0 Å². The topological polar surface area (TPSA) is 26.3 Å². The van der Waals surface area contributed by atoms with Crippen LogP contribution in [0.25, 0.3) is 0 Å². The zero-order valence-corrected chi connectivity index (χ0v) is 9.15. The van der Waals surface area contributed by atoms with Gasteiger partial charge in [0, 0.05) is 10.5 Å². The van der Waals surface area contributed by atoms with Crippen molar-refractivity contribution in [3.05, 3.63) is 28.0 Å². The first-order chi connectivity index (χ1) is 6.91. The maximum Gasteiger partial charge on any atom is 0.387 e. The van der Waals surface area contributed by atoms with Crippen molar-refractivity contribution in [1.82, 2.24) is 0 Å². The molecule has 0 amide bonds. The number of alkyl halides is 2. The third-order valence-electron chi connectivity index (χ3n) is 1.59. The Labute approximate surface area is 92.2 Å². The molecule has 0 heterocycles. The molecule has 0 aromatic heterocycles. The molecule has 0 saturated carbocycles. The second-order valence-electron chi connectivity index (χ2n) is 2.70. The van der Waals surface area contributed by atoms with Crippen LogP contribution in [0.3, 0.4) is 0 Å². The van der Waals surface area contributed by atoms with Crippen molar-refractivity contribution in [3.63, 3.8) is 0 Å². The minimum absolute atomic E-state index is 0.0886. The lowest BCUT2D eigenvalue weighted by Gasteiger charge is -2.10. The number of ether oxygens (including phenoxy) is 1. The van der Waals surface area contributed by atoms with Gasteiger partial charge in [-0.15, -0.1) is 0 Å². The number of carbonyl (C=O) groups is 1. The summed E-state index contributed by atoms with van der Waals surface area (Å²) < 4.78 is 40.9. The largest absolute Gasteiger partial charge is 0.434 e. The van der Waals surface area contributed by atoms with E-state index in [-0.39, 0.29) is 10.0 Å². The molecule has 0 radical (unpaired) electrons. The van der Waals surface area contributed by atoms with Crippen molar-refractivity contribution < 1.29 is 22.7 Å². The van der Waals surface area contributed by atoms with Crippen LogP contribution in [0, 0.1) is 5.82 Å². The highest BCUT2D eigenvalue weighted by Gasteiger charge is 2.17. The Kier molecular flexibility index (Phi) is 3.73. The zero-order chi connectivity index (χ0) is 11.6. The van der Waals surface area contributed by atoms with E-state index >= 15 is 0 Å². The number of hydrogen-bond donors (Lipinski definition) is 0. The Morgan fingerprint density at radius 3 is 2.53 bits per heavy atom. The van der Waals surface area contributed by atoms with Crippen LogP contribution in [0.4, 0.5) is 13.2 Å². The molecule has 0 saturated heterocycles. The molecule has 0 spiro atoms. The highest BCUT2D eigenvalue weighted by atomic mass is 79.9. The zero-order valence-electron chi connectivity index (χ0n) is 7.56. The molecule has 0 aliphatic rings. The van der Waals surface area contributed by atoms with Gasteiger partial charge in [0.2, 0.25) is 0 Å². The monoisotopic (exact) mass is 282 g/mol. The Morgan fingerprint density at radius 1 is 1.47 bits per heavy atom. The van der Waals surface area contributed by atoms with Gasteiger partial charge >= 0.3 is 6.61 Å². The predicted molar refractivity (Wildman–Crippen MR) is 50.7 cm³/mol.